The number of aliphatic hydroxyl groups excluding tert-OH is 2. The summed E-state index contributed by atoms with van der Waals surface area (Å²) in [6.45, 7) is 8.10. The van der Waals surface area contributed by atoms with E-state index in [4.69, 9.17) is 10.00 Å². The summed E-state index contributed by atoms with van der Waals surface area (Å²) in [7, 11) is 0. The predicted molar refractivity (Wildman–Crippen MR) is 140 cm³/mol. The van der Waals surface area contributed by atoms with Crippen molar-refractivity contribution in [1.82, 2.24) is 15.0 Å². The summed E-state index contributed by atoms with van der Waals surface area (Å²) in [5.74, 6) is -5.96. The number of carbonyl (C=O) groups is 2. The van der Waals surface area contributed by atoms with E-state index in [1.165, 1.54) is 19.2 Å². The number of imidazole rings is 1. The standard InChI is InChI=1S/C27H33N5O8/c1-24(2)12-27(38,39)17(19(33)20(24)34)18-16(32-22(35)21-29-11-14(10-28)30-21)7-6-15(31-18)13-8-25(3,4)40-26(5,9-13)23(36)37/h6-7,11,13,20,33-34,38-39H,8-9,12H2,1-5H3,(H,29,30)(H,32,35)(H,36,37). The number of aromatic amines is 1. The van der Waals surface area contributed by atoms with E-state index in [-0.39, 0.29) is 35.7 Å². The fourth-order valence-corrected chi connectivity index (χ4v) is 5.68. The molecule has 13 nitrogen and oxygen atoms in total. The molecule has 1 aliphatic heterocycles. The molecule has 0 saturated carbocycles. The lowest BCUT2D eigenvalue weighted by molar-refractivity contribution is -0.200. The van der Waals surface area contributed by atoms with Crippen LogP contribution in [0.2, 0.25) is 0 Å². The number of carbonyl (C=O) groups excluding carboxylic acids is 1. The molecule has 7 N–H and O–H groups in total. The number of nitriles is 1. The highest BCUT2D eigenvalue weighted by atomic mass is 16.5. The van der Waals surface area contributed by atoms with Gasteiger partial charge in [-0.05, 0) is 45.7 Å². The van der Waals surface area contributed by atoms with Crippen LogP contribution in [0.3, 0.4) is 0 Å². The number of aromatic nitrogens is 3. The highest BCUT2D eigenvalue weighted by Crippen LogP contribution is 2.49. The van der Waals surface area contributed by atoms with Gasteiger partial charge in [-0.1, -0.05) is 13.8 Å². The number of carboxylic acids is 1. The van der Waals surface area contributed by atoms with Gasteiger partial charge in [0.15, 0.2) is 17.2 Å². The predicted octanol–water partition coefficient (Wildman–Crippen LogP) is 2.19. The molecule has 1 fully saturated rings. The maximum atomic E-state index is 12.9. The van der Waals surface area contributed by atoms with Crippen molar-refractivity contribution in [2.75, 3.05) is 5.32 Å². The molecule has 3 atom stereocenters. The molecular weight excluding hydrogens is 522 g/mol. The van der Waals surface area contributed by atoms with Crippen molar-refractivity contribution in [3.63, 3.8) is 0 Å². The highest BCUT2D eigenvalue weighted by molar-refractivity contribution is 6.03. The van der Waals surface area contributed by atoms with Crippen LogP contribution in [0.5, 0.6) is 0 Å². The van der Waals surface area contributed by atoms with E-state index in [0.29, 0.717) is 12.1 Å². The van der Waals surface area contributed by atoms with Gasteiger partial charge in [0.1, 0.15) is 23.6 Å². The Bertz CT molecular complexity index is 1440. The normalized spacial score (nSPS) is 27.1. The largest absolute Gasteiger partial charge is 0.509 e. The van der Waals surface area contributed by atoms with Gasteiger partial charge in [0.05, 0.1) is 28.8 Å². The van der Waals surface area contributed by atoms with Crippen LogP contribution in [0.15, 0.2) is 24.1 Å². The number of pyridine rings is 1. The highest BCUT2D eigenvalue weighted by Gasteiger charge is 2.51. The summed E-state index contributed by atoms with van der Waals surface area (Å²) in [6.07, 6.45) is -0.252. The number of rotatable bonds is 5. The zero-order valence-electron chi connectivity index (χ0n) is 22.8. The van der Waals surface area contributed by atoms with Gasteiger partial charge in [-0.15, -0.1) is 0 Å². The maximum Gasteiger partial charge on any atom is 0.335 e. The van der Waals surface area contributed by atoms with Crippen LogP contribution in [0, 0.1) is 16.7 Å². The van der Waals surface area contributed by atoms with Crippen LogP contribution in [0.1, 0.15) is 87.5 Å². The Hall–Kier alpha value is -3.83. The number of nitrogens with zero attached hydrogens (tertiary/aromatic N) is 3. The summed E-state index contributed by atoms with van der Waals surface area (Å²) in [5.41, 5.74) is -3.85. The Morgan fingerprint density at radius 3 is 2.45 bits per heavy atom. The third-order valence-electron chi connectivity index (χ3n) is 7.42. The molecule has 0 bridgehead atoms. The molecule has 3 unspecified atom stereocenters. The lowest BCUT2D eigenvalue weighted by Crippen LogP contribution is -2.51. The minimum absolute atomic E-state index is 0.0445. The first kappa shape index (κ1) is 29.2. The van der Waals surface area contributed by atoms with E-state index in [0.717, 1.165) is 0 Å². The second-order valence-electron chi connectivity index (χ2n) is 12.0. The zero-order valence-corrected chi connectivity index (χ0v) is 22.8. The Morgan fingerprint density at radius 1 is 1.18 bits per heavy atom. The number of nitrogens with one attached hydrogen (secondary N) is 2. The third kappa shape index (κ3) is 5.31. The van der Waals surface area contributed by atoms with Crippen LogP contribution < -0.4 is 5.32 Å². The summed E-state index contributed by atoms with van der Waals surface area (Å²) >= 11 is 0. The quantitative estimate of drug-likeness (QED) is 0.265. The van der Waals surface area contributed by atoms with Crippen molar-refractivity contribution in [3.8, 4) is 6.07 Å². The van der Waals surface area contributed by atoms with Gasteiger partial charge in [-0.2, -0.15) is 5.26 Å². The van der Waals surface area contributed by atoms with Crippen LogP contribution in [0.25, 0.3) is 5.57 Å². The lowest BCUT2D eigenvalue weighted by atomic mass is 9.71. The summed E-state index contributed by atoms with van der Waals surface area (Å²) in [4.78, 5) is 36.0. The second-order valence-corrected chi connectivity index (χ2v) is 12.0. The number of ether oxygens (including phenoxy) is 1. The Kier molecular flexibility index (Phi) is 7.05. The molecule has 13 heteroatoms. The number of amides is 1. The van der Waals surface area contributed by atoms with Crippen molar-refractivity contribution in [1.29, 1.82) is 5.26 Å². The fourth-order valence-electron chi connectivity index (χ4n) is 5.68. The average molecular weight is 556 g/mol. The fraction of sp³-hybridized carbons (Fsp3) is 0.519. The third-order valence-corrected chi connectivity index (χ3v) is 7.42. The van der Waals surface area contributed by atoms with Gasteiger partial charge < -0.3 is 40.6 Å². The number of hydrogen-bond acceptors (Lipinski definition) is 10. The molecule has 1 amide bonds. The van der Waals surface area contributed by atoms with E-state index in [2.05, 4.69) is 20.3 Å². The van der Waals surface area contributed by atoms with Gasteiger partial charge in [-0.25, -0.2) is 9.78 Å². The number of hydrogen-bond donors (Lipinski definition) is 7. The summed E-state index contributed by atoms with van der Waals surface area (Å²) in [5, 5.41) is 65.4. The molecule has 0 aromatic carbocycles. The SMILES string of the molecule is CC1(C)CC(c2ccc(NC(=O)c3ncc(C#N)[nH]3)c(C3=C(O)C(O)C(C)(C)CC3(O)O)n2)CC(C)(C(=O)O)O1. The van der Waals surface area contributed by atoms with Crippen molar-refractivity contribution in [3.05, 3.63) is 47.0 Å². The Morgan fingerprint density at radius 2 is 1.85 bits per heavy atom. The smallest absolute Gasteiger partial charge is 0.335 e. The molecule has 0 radical (unpaired) electrons. The first-order valence-corrected chi connectivity index (χ1v) is 12.7. The monoisotopic (exact) mass is 555 g/mol. The molecule has 40 heavy (non-hydrogen) atoms. The van der Waals surface area contributed by atoms with Crippen LogP contribution in [-0.4, -0.2) is 75.5 Å². The average Bonchev–Trinajstić information content (AvgIpc) is 3.31. The van der Waals surface area contributed by atoms with Gasteiger partial charge in [0, 0.05) is 23.4 Å². The number of aliphatic carboxylic acids is 1. The molecule has 0 spiro atoms. The Balaban J connectivity index is 1.86. The van der Waals surface area contributed by atoms with Gasteiger partial charge in [0.2, 0.25) is 0 Å². The number of aliphatic hydroxyl groups is 4. The molecule has 2 aromatic heterocycles. The number of anilines is 1. The summed E-state index contributed by atoms with van der Waals surface area (Å²) < 4.78 is 5.86. The number of H-pyrrole nitrogens is 1. The van der Waals surface area contributed by atoms with E-state index >= 15 is 0 Å². The Labute approximate surface area is 230 Å². The van der Waals surface area contributed by atoms with Gasteiger partial charge >= 0.3 is 5.97 Å². The molecule has 2 aromatic rings. The summed E-state index contributed by atoms with van der Waals surface area (Å²) in [6, 6.07) is 4.83. The van der Waals surface area contributed by atoms with Crippen LogP contribution in [-0.2, 0) is 9.53 Å². The van der Waals surface area contributed by atoms with Crippen molar-refractivity contribution in [2.45, 2.75) is 82.9 Å². The molecule has 3 heterocycles. The van der Waals surface area contributed by atoms with E-state index in [1.807, 2.05) is 6.07 Å². The first-order valence-electron chi connectivity index (χ1n) is 12.7. The second kappa shape index (κ2) is 9.67. The molecule has 1 aliphatic carbocycles. The van der Waals surface area contributed by atoms with Gasteiger partial charge in [-0.3, -0.25) is 9.78 Å². The van der Waals surface area contributed by atoms with Crippen molar-refractivity contribution in [2.24, 2.45) is 5.41 Å². The molecule has 4 rings (SSSR count). The molecular formula is C27H33N5O8. The van der Waals surface area contributed by atoms with E-state index in [1.54, 1.807) is 33.8 Å². The molecule has 214 valence electrons. The minimum Gasteiger partial charge on any atom is -0.509 e. The topological polar surface area (TPSA) is 222 Å². The zero-order chi connectivity index (χ0) is 29.8. The molecule has 2 aliphatic rings. The molecule has 1 saturated heterocycles. The maximum absolute atomic E-state index is 12.9. The lowest BCUT2D eigenvalue weighted by Gasteiger charge is -2.45. The van der Waals surface area contributed by atoms with Crippen molar-refractivity contribution >= 4 is 23.1 Å². The van der Waals surface area contributed by atoms with E-state index in [9.17, 15) is 35.1 Å². The minimum atomic E-state index is -2.65. The number of carboxylic acid groups (broad SMARTS) is 1. The van der Waals surface area contributed by atoms with Gasteiger partial charge in [0.25, 0.3) is 5.91 Å². The first-order chi connectivity index (χ1) is 18.4. The van der Waals surface area contributed by atoms with E-state index < -0.39 is 57.6 Å². The van der Waals surface area contributed by atoms with Crippen LogP contribution in [0.4, 0.5) is 5.69 Å². The van der Waals surface area contributed by atoms with Crippen LogP contribution >= 0.6 is 0 Å². The van der Waals surface area contributed by atoms with Crippen molar-refractivity contribution < 1.29 is 39.9 Å².